The molecule has 0 aromatic carbocycles. The van der Waals surface area contributed by atoms with Crippen molar-refractivity contribution in [2.75, 3.05) is 13.7 Å². The van der Waals surface area contributed by atoms with E-state index in [0.29, 0.717) is 6.04 Å². The lowest BCUT2D eigenvalue weighted by Crippen LogP contribution is -2.31. The van der Waals surface area contributed by atoms with Crippen LogP contribution in [0.3, 0.4) is 0 Å². The van der Waals surface area contributed by atoms with Crippen LogP contribution in [-0.4, -0.2) is 34.6 Å². The molecule has 0 amide bonds. The van der Waals surface area contributed by atoms with Crippen molar-refractivity contribution in [2.24, 2.45) is 0 Å². The van der Waals surface area contributed by atoms with Gasteiger partial charge in [0.15, 0.2) is 0 Å². The first kappa shape index (κ1) is 10.2. The molecule has 0 spiro atoms. The van der Waals surface area contributed by atoms with Crippen molar-refractivity contribution in [2.45, 2.75) is 25.9 Å². The van der Waals surface area contributed by atoms with Gasteiger partial charge in [-0.3, -0.25) is 4.68 Å². The van der Waals surface area contributed by atoms with Crippen LogP contribution in [0.25, 0.3) is 0 Å². The van der Waals surface area contributed by atoms with E-state index in [-0.39, 0.29) is 6.61 Å². The number of aryl methyl sites for hydroxylation is 1. The van der Waals surface area contributed by atoms with Crippen molar-refractivity contribution in [3.8, 4) is 0 Å². The van der Waals surface area contributed by atoms with E-state index in [1.807, 2.05) is 30.9 Å². The second-order valence-corrected chi connectivity index (χ2v) is 3.18. The third-order valence-corrected chi connectivity index (χ3v) is 2.07. The Labute approximate surface area is 78.6 Å². The van der Waals surface area contributed by atoms with Gasteiger partial charge in [0, 0.05) is 18.8 Å². The highest BCUT2D eigenvalue weighted by Crippen LogP contribution is 1.97. The number of hydrogen-bond donors (Lipinski definition) is 2. The standard InChI is InChI=1S/C9H17N3O/c1-8-3-5-12(11-8)7-9(10-2)4-6-13/h3,5,9-10,13H,4,6-7H2,1-2H3. The van der Waals surface area contributed by atoms with Gasteiger partial charge in [-0.2, -0.15) is 5.10 Å². The molecule has 1 heterocycles. The Kier molecular flexibility index (Phi) is 3.92. The Morgan fingerprint density at radius 3 is 2.92 bits per heavy atom. The fourth-order valence-electron chi connectivity index (χ4n) is 1.27. The van der Waals surface area contributed by atoms with Gasteiger partial charge in [-0.05, 0) is 26.5 Å². The Morgan fingerprint density at radius 2 is 2.46 bits per heavy atom. The van der Waals surface area contributed by atoms with E-state index in [4.69, 9.17) is 5.11 Å². The van der Waals surface area contributed by atoms with Gasteiger partial charge in [0.1, 0.15) is 0 Å². The number of nitrogens with zero attached hydrogens (tertiary/aromatic N) is 2. The molecule has 74 valence electrons. The van der Waals surface area contributed by atoms with Gasteiger partial charge in [-0.25, -0.2) is 0 Å². The summed E-state index contributed by atoms with van der Waals surface area (Å²) in [7, 11) is 1.90. The van der Waals surface area contributed by atoms with Gasteiger partial charge in [-0.15, -0.1) is 0 Å². The average molecular weight is 183 g/mol. The van der Waals surface area contributed by atoms with Gasteiger partial charge < -0.3 is 10.4 Å². The van der Waals surface area contributed by atoms with Crippen LogP contribution in [0.15, 0.2) is 12.3 Å². The van der Waals surface area contributed by atoms with Crippen molar-refractivity contribution in [3.63, 3.8) is 0 Å². The van der Waals surface area contributed by atoms with E-state index in [1.54, 1.807) is 0 Å². The summed E-state index contributed by atoms with van der Waals surface area (Å²) in [4.78, 5) is 0. The van der Waals surface area contributed by atoms with Crippen molar-refractivity contribution >= 4 is 0 Å². The van der Waals surface area contributed by atoms with E-state index in [9.17, 15) is 0 Å². The zero-order valence-electron chi connectivity index (χ0n) is 8.20. The summed E-state index contributed by atoms with van der Waals surface area (Å²) in [6.45, 7) is 2.99. The zero-order valence-corrected chi connectivity index (χ0v) is 8.20. The maximum Gasteiger partial charge on any atom is 0.0593 e. The molecule has 0 radical (unpaired) electrons. The van der Waals surface area contributed by atoms with E-state index in [2.05, 4.69) is 10.4 Å². The Morgan fingerprint density at radius 1 is 1.69 bits per heavy atom. The number of aliphatic hydroxyl groups excluding tert-OH is 1. The van der Waals surface area contributed by atoms with Crippen molar-refractivity contribution in [1.29, 1.82) is 0 Å². The van der Waals surface area contributed by atoms with E-state index >= 15 is 0 Å². The second kappa shape index (κ2) is 4.99. The molecule has 1 aromatic heterocycles. The molecule has 1 unspecified atom stereocenters. The molecule has 0 saturated carbocycles. The lowest BCUT2D eigenvalue weighted by molar-refractivity contribution is 0.258. The molecular formula is C9H17N3O. The summed E-state index contributed by atoms with van der Waals surface area (Å²) >= 11 is 0. The maximum atomic E-state index is 8.78. The first-order chi connectivity index (χ1) is 6.26. The van der Waals surface area contributed by atoms with Crippen LogP contribution in [-0.2, 0) is 6.54 Å². The fraction of sp³-hybridized carbons (Fsp3) is 0.667. The summed E-state index contributed by atoms with van der Waals surface area (Å²) in [5.74, 6) is 0. The molecule has 4 nitrogen and oxygen atoms in total. The molecule has 13 heavy (non-hydrogen) atoms. The minimum absolute atomic E-state index is 0.214. The van der Waals surface area contributed by atoms with Crippen LogP contribution in [0, 0.1) is 6.92 Å². The minimum Gasteiger partial charge on any atom is -0.396 e. The highest BCUT2D eigenvalue weighted by Gasteiger charge is 2.06. The molecule has 0 bridgehead atoms. The quantitative estimate of drug-likeness (QED) is 0.684. The van der Waals surface area contributed by atoms with Gasteiger partial charge in [0.2, 0.25) is 0 Å². The largest absolute Gasteiger partial charge is 0.396 e. The molecule has 0 fully saturated rings. The molecule has 0 aliphatic heterocycles. The molecule has 1 aromatic rings. The molecule has 2 N–H and O–H groups in total. The minimum atomic E-state index is 0.214. The van der Waals surface area contributed by atoms with Gasteiger partial charge in [-0.1, -0.05) is 0 Å². The molecular weight excluding hydrogens is 166 g/mol. The normalized spacial score (nSPS) is 13.2. The molecule has 1 rings (SSSR count). The Bertz CT molecular complexity index is 247. The number of aromatic nitrogens is 2. The van der Waals surface area contributed by atoms with Gasteiger partial charge in [0.05, 0.1) is 12.2 Å². The van der Waals surface area contributed by atoms with E-state index in [1.165, 1.54) is 0 Å². The van der Waals surface area contributed by atoms with Crippen LogP contribution in [0.4, 0.5) is 0 Å². The van der Waals surface area contributed by atoms with Crippen LogP contribution in [0.5, 0.6) is 0 Å². The van der Waals surface area contributed by atoms with Crippen LogP contribution < -0.4 is 5.32 Å². The predicted molar refractivity (Wildman–Crippen MR) is 51.5 cm³/mol. The summed E-state index contributed by atoms with van der Waals surface area (Å²) in [5.41, 5.74) is 1.03. The van der Waals surface area contributed by atoms with Crippen molar-refractivity contribution in [3.05, 3.63) is 18.0 Å². The average Bonchev–Trinajstić information content (AvgIpc) is 2.50. The molecule has 4 heteroatoms. The zero-order chi connectivity index (χ0) is 9.68. The SMILES string of the molecule is CNC(CCO)Cn1ccc(C)n1. The summed E-state index contributed by atoms with van der Waals surface area (Å²) in [6, 6.07) is 2.27. The van der Waals surface area contributed by atoms with Gasteiger partial charge >= 0.3 is 0 Å². The number of likely N-dealkylation sites (N-methyl/N-ethyl adjacent to an activating group) is 1. The number of aliphatic hydroxyl groups is 1. The molecule has 1 atom stereocenters. The van der Waals surface area contributed by atoms with Crippen molar-refractivity contribution < 1.29 is 5.11 Å². The first-order valence-electron chi connectivity index (χ1n) is 4.54. The lowest BCUT2D eigenvalue weighted by atomic mass is 10.2. The summed E-state index contributed by atoms with van der Waals surface area (Å²) in [5, 5.41) is 16.2. The predicted octanol–water partition coefficient (Wildman–Crippen LogP) is 0.162. The highest BCUT2D eigenvalue weighted by molar-refractivity contribution is 4.95. The fourth-order valence-corrected chi connectivity index (χ4v) is 1.27. The smallest absolute Gasteiger partial charge is 0.0593 e. The third kappa shape index (κ3) is 3.16. The molecule has 0 aliphatic carbocycles. The topological polar surface area (TPSA) is 50.1 Å². The monoisotopic (exact) mass is 183 g/mol. The number of rotatable bonds is 5. The second-order valence-electron chi connectivity index (χ2n) is 3.18. The van der Waals surface area contributed by atoms with Gasteiger partial charge in [0.25, 0.3) is 0 Å². The first-order valence-corrected chi connectivity index (χ1v) is 4.54. The number of nitrogens with one attached hydrogen (secondary N) is 1. The van der Waals surface area contributed by atoms with Crippen LogP contribution in [0.1, 0.15) is 12.1 Å². The van der Waals surface area contributed by atoms with Crippen LogP contribution in [0.2, 0.25) is 0 Å². The third-order valence-electron chi connectivity index (χ3n) is 2.07. The summed E-state index contributed by atoms with van der Waals surface area (Å²) in [6.07, 6.45) is 2.71. The number of hydrogen-bond acceptors (Lipinski definition) is 3. The van der Waals surface area contributed by atoms with Crippen LogP contribution >= 0.6 is 0 Å². The summed E-state index contributed by atoms with van der Waals surface area (Å²) < 4.78 is 1.90. The maximum absolute atomic E-state index is 8.78. The Hall–Kier alpha value is -0.870. The van der Waals surface area contributed by atoms with E-state index in [0.717, 1.165) is 18.7 Å². The molecule has 0 aliphatic rings. The highest BCUT2D eigenvalue weighted by atomic mass is 16.3. The van der Waals surface area contributed by atoms with E-state index < -0.39 is 0 Å². The van der Waals surface area contributed by atoms with Crippen molar-refractivity contribution in [1.82, 2.24) is 15.1 Å². The molecule has 0 saturated heterocycles. The Balaban J connectivity index is 2.46. The lowest BCUT2D eigenvalue weighted by Gasteiger charge is -2.14.